The molecule has 1 atom stereocenters. The number of phenolic OH excluding ortho intramolecular Hbond substituents is 1. The van der Waals surface area contributed by atoms with Gasteiger partial charge in [-0.1, -0.05) is 25.5 Å². The number of aromatic hydroxyl groups is 1. The number of rotatable bonds is 2. The van der Waals surface area contributed by atoms with Crippen LogP contribution in [0.25, 0.3) is 0 Å². The standard InChI is InChI=1S/C15H23NO.ClH/c1-3-15(9-4-5-10-16(2)12-15)13-7-6-8-14(17)11-13;/h6-8,11,17H,3-5,9-10,12H2,1-2H3;1H. The number of likely N-dealkylation sites (N-methyl/N-ethyl adjacent to an activating group) is 1. The van der Waals surface area contributed by atoms with E-state index in [2.05, 4.69) is 24.9 Å². The Hall–Kier alpha value is -0.730. The summed E-state index contributed by atoms with van der Waals surface area (Å²) in [6.07, 6.45) is 4.95. The molecule has 1 aliphatic rings. The molecule has 1 aromatic rings. The highest BCUT2D eigenvalue weighted by molar-refractivity contribution is 5.33. The van der Waals surface area contributed by atoms with E-state index in [1.54, 1.807) is 6.07 Å². The van der Waals surface area contributed by atoms with Crippen LogP contribution >= 0.6 is 0 Å². The van der Waals surface area contributed by atoms with Crippen molar-refractivity contribution in [2.24, 2.45) is 0 Å². The molecule has 0 aliphatic carbocycles. The van der Waals surface area contributed by atoms with Crippen molar-refractivity contribution in [1.82, 2.24) is 4.90 Å². The van der Waals surface area contributed by atoms with Crippen LogP contribution < -0.4 is 12.4 Å². The Morgan fingerprint density at radius 2 is 2.17 bits per heavy atom. The third-order valence-electron chi connectivity index (χ3n) is 4.15. The zero-order chi connectivity index (χ0) is 12.3. The van der Waals surface area contributed by atoms with Gasteiger partial charge in [-0.25, -0.2) is 0 Å². The average Bonchev–Trinajstić information content (AvgIpc) is 2.52. The predicted octanol–water partition coefficient (Wildman–Crippen LogP) is 0.272. The van der Waals surface area contributed by atoms with Crippen LogP contribution in [0.3, 0.4) is 0 Å². The lowest BCUT2D eigenvalue weighted by atomic mass is 9.74. The van der Waals surface area contributed by atoms with Gasteiger partial charge in [0, 0.05) is 12.0 Å². The topological polar surface area (TPSA) is 23.5 Å². The van der Waals surface area contributed by atoms with E-state index in [0.29, 0.717) is 5.75 Å². The molecule has 1 heterocycles. The minimum atomic E-state index is 0. The molecule has 0 bridgehead atoms. The lowest BCUT2D eigenvalue weighted by molar-refractivity contribution is -0.00000478. The van der Waals surface area contributed by atoms with Crippen molar-refractivity contribution in [3.63, 3.8) is 0 Å². The molecule has 0 amide bonds. The third-order valence-corrected chi connectivity index (χ3v) is 4.15. The van der Waals surface area contributed by atoms with Gasteiger partial charge in [0.25, 0.3) is 0 Å². The number of nitrogens with zero attached hydrogens (tertiary/aromatic N) is 1. The molecule has 1 unspecified atom stereocenters. The molecular formula is C15H24ClNO. The molecule has 1 aliphatic heterocycles. The molecule has 2 nitrogen and oxygen atoms in total. The van der Waals surface area contributed by atoms with Crippen LogP contribution in [-0.2, 0) is 5.41 Å². The Kier molecular flexibility index (Phi) is 5.48. The van der Waals surface area contributed by atoms with E-state index in [-0.39, 0.29) is 19.2 Å². The van der Waals surface area contributed by atoms with Gasteiger partial charge in [-0.05, 0) is 50.6 Å². The molecule has 102 valence electrons. The molecule has 3 heteroatoms. The molecule has 1 saturated heterocycles. The lowest BCUT2D eigenvalue weighted by Crippen LogP contribution is -3.00. The van der Waals surface area contributed by atoms with Crippen molar-refractivity contribution in [2.45, 2.75) is 38.0 Å². The highest BCUT2D eigenvalue weighted by Gasteiger charge is 2.33. The van der Waals surface area contributed by atoms with Crippen LogP contribution in [-0.4, -0.2) is 30.1 Å². The Balaban J connectivity index is 0.00000162. The number of halogens is 1. The fourth-order valence-corrected chi connectivity index (χ4v) is 3.08. The van der Waals surface area contributed by atoms with E-state index in [4.69, 9.17) is 0 Å². The summed E-state index contributed by atoms with van der Waals surface area (Å²) in [4.78, 5) is 2.43. The van der Waals surface area contributed by atoms with Crippen molar-refractivity contribution < 1.29 is 18.9 Å². The normalized spacial score (nSPS) is 25.2. The van der Waals surface area contributed by atoms with Crippen molar-refractivity contribution in [1.29, 1.82) is 0 Å². The Labute approximate surface area is 118 Å². The van der Waals surface area contributed by atoms with E-state index in [0.717, 1.165) is 13.0 Å². The van der Waals surface area contributed by atoms with Gasteiger partial charge >= 0.3 is 1.43 Å². The smallest absolute Gasteiger partial charge is 1.00 e. The summed E-state index contributed by atoms with van der Waals surface area (Å²) < 4.78 is 0. The maximum atomic E-state index is 9.68. The van der Waals surface area contributed by atoms with E-state index in [1.807, 2.05) is 12.1 Å². The van der Waals surface area contributed by atoms with Crippen LogP contribution in [0.2, 0.25) is 0 Å². The second-order valence-electron chi connectivity index (χ2n) is 5.38. The van der Waals surface area contributed by atoms with Crippen LogP contribution in [0.5, 0.6) is 5.75 Å². The maximum Gasteiger partial charge on any atom is 1.00 e. The van der Waals surface area contributed by atoms with Gasteiger partial charge in [-0.2, -0.15) is 0 Å². The molecule has 0 spiro atoms. The molecular weight excluding hydrogens is 246 g/mol. The first-order chi connectivity index (χ1) is 8.16. The van der Waals surface area contributed by atoms with E-state index >= 15 is 0 Å². The fraction of sp³-hybridized carbons (Fsp3) is 0.600. The Bertz CT molecular complexity index is 388. The number of likely N-dealkylation sites (tertiary alicyclic amines) is 1. The van der Waals surface area contributed by atoms with Gasteiger partial charge in [0.1, 0.15) is 5.75 Å². The molecule has 1 fully saturated rings. The third kappa shape index (κ3) is 3.18. The van der Waals surface area contributed by atoms with Crippen molar-refractivity contribution in [3.8, 4) is 5.75 Å². The summed E-state index contributed by atoms with van der Waals surface area (Å²) in [5.74, 6) is 0.391. The van der Waals surface area contributed by atoms with Crippen molar-refractivity contribution >= 4 is 0 Å². The molecule has 0 aromatic heterocycles. The number of benzene rings is 1. The maximum absolute atomic E-state index is 9.68. The number of hydrogen-bond acceptors (Lipinski definition) is 2. The van der Waals surface area contributed by atoms with Crippen LogP contribution in [0.1, 0.15) is 39.6 Å². The van der Waals surface area contributed by atoms with Crippen molar-refractivity contribution in [3.05, 3.63) is 29.8 Å². The van der Waals surface area contributed by atoms with Gasteiger partial charge < -0.3 is 22.4 Å². The highest BCUT2D eigenvalue weighted by Crippen LogP contribution is 2.37. The predicted molar refractivity (Wildman–Crippen MR) is 72.5 cm³/mol. The number of hydrogen-bond donors (Lipinski definition) is 1. The van der Waals surface area contributed by atoms with Crippen LogP contribution in [0, 0.1) is 0 Å². The van der Waals surface area contributed by atoms with Gasteiger partial charge in [0.15, 0.2) is 0 Å². The highest BCUT2D eigenvalue weighted by atomic mass is 35.5. The summed E-state index contributed by atoms with van der Waals surface area (Å²) in [6, 6.07) is 7.84. The first-order valence-corrected chi connectivity index (χ1v) is 6.64. The summed E-state index contributed by atoms with van der Waals surface area (Å²) in [7, 11) is 2.21. The average molecular weight is 270 g/mol. The second kappa shape index (κ2) is 6.44. The minimum Gasteiger partial charge on any atom is -1.00 e. The Morgan fingerprint density at radius 3 is 2.83 bits per heavy atom. The van der Waals surface area contributed by atoms with E-state index in [1.165, 1.54) is 31.4 Å². The molecule has 0 radical (unpaired) electrons. The fourth-order valence-electron chi connectivity index (χ4n) is 3.08. The van der Waals surface area contributed by atoms with Gasteiger partial charge in [0.2, 0.25) is 0 Å². The summed E-state index contributed by atoms with van der Waals surface area (Å²) in [5.41, 5.74) is 1.53. The van der Waals surface area contributed by atoms with Gasteiger partial charge in [-0.15, -0.1) is 0 Å². The lowest BCUT2D eigenvalue weighted by Gasteiger charge is -2.35. The summed E-state index contributed by atoms with van der Waals surface area (Å²) in [6.45, 7) is 4.57. The zero-order valence-electron chi connectivity index (χ0n) is 12.3. The first-order valence-electron chi connectivity index (χ1n) is 6.64. The zero-order valence-corrected chi connectivity index (χ0v) is 12.1. The van der Waals surface area contributed by atoms with Gasteiger partial charge in [-0.3, -0.25) is 0 Å². The monoisotopic (exact) mass is 269 g/mol. The SMILES string of the molecule is CCC1(c2cccc(O)c2)CCCCN(C)C1.[Cl-].[H+]. The van der Waals surface area contributed by atoms with Crippen LogP contribution in [0.15, 0.2) is 24.3 Å². The minimum absolute atomic E-state index is 0. The largest absolute Gasteiger partial charge is 1.00 e. The first kappa shape index (κ1) is 15.3. The molecule has 1 aromatic carbocycles. The molecule has 0 saturated carbocycles. The summed E-state index contributed by atoms with van der Waals surface area (Å²) >= 11 is 0. The number of phenols is 1. The van der Waals surface area contributed by atoms with E-state index < -0.39 is 0 Å². The molecule has 2 rings (SSSR count). The quantitative estimate of drug-likeness (QED) is 0.833. The van der Waals surface area contributed by atoms with E-state index in [9.17, 15) is 5.11 Å². The molecule has 18 heavy (non-hydrogen) atoms. The second-order valence-corrected chi connectivity index (χ2v) is 5.38. The molecule has 1 N–H and O–H groups in total. The van der Waals surface area contributed by atoms with Crippen molar-refractivity contribution in [2.75, 3.05) is 20.1 Å². The van der Waals surface area contributed by atoms with Crippen LogP contribution in [0.4, 0.5) is 0 Å². The summed E-state index contributed by atoms with van der Waals surface area (Å²) in [5, 5.41) is 9.68. The van der Waals surface area contributed by atoms with Gasteiger partial charge in [0.05, 0.1) is 0 Å². The Morgan fingerprint density at radius 1 is 1.39 bits per heavy atom.